The van der Waals surface area contributed by atoms with Crippen LogP contribution in [0.25, 0.3) is 5.69 Å². The van der Waals surface area contributed by atoms with E-state index in [2.05, 4.69) is 10.4 Å². The number of carbonyl (C=O) groups is 1. The third-order valence-electron chi connectivity index (χ3n) is 4.77. The van der Waals surface area contributed by atoms with Crippen LogP contribution >= 0.6 is 11.8 Å². The van der Waals surface area contributed by atoms with E-state index in [4.69, 9.17) is 4.74 Å². The van der Waals surface area contributed by atoms with Gasteiger partial charge >= 0.3 is 0 Å². The van der Waals surface area contributed by atoms with Crippen LogP contribution in [0.2, 0.25) is 0 Å². The van der Waals surface area contributed by atoms with Gasteiger partial charge in [0.15, 0.2) is 0 Å². The van der Waals surface area contributed by atoms with Crippen molar-refractivity contribution in [2.45, 2.75) is 16.5 Å². The van der Waals surface area contributed by atoms with Gasteiger partial charge in [-0.15, -0.1) is 0 Å². The van der Waals surface area contributed by atoms with Crippen LogP contribution < -0.4 is 15.6 Å². The molecule has 1 amide bonds. The fourth-order valence-corrected chi connectivity index (χ4v) is 3.86. The molecule has 0 aliphatic heterocycles. The summed E-state index contributed by atoms with van der Waals surface area (Å²) in [5.74, 6) is 0.115. The quantitative estimate of drug-likeness (QED) is 0.440. The molecule has 0 fully saturated rings. The van der Waals surface area contributed by atoms with Crippen molar-refractivity contribution in [2.24, 2.45) is 0 Å². The van der Waals surface area contributed by atoms with E-state index in [0.717, 1.165) is 10.6 Å². The van der Waals surface area contributed by atoms with Crippen molar-refractivity contribution in [3.63, 3.8) is 0 Å². The number of carbonyl (C=O) groups excluding carboxylic acids is 1. The second kappa shape index (κ2) is 10.1. The number of rotatable bonds is 7. The van der Waals surface area contributed by atoms with E-state index in [0.29, 0.717) is 21.8 Å². The van der Waals surface area contributed by atoms with Gasteiger partial charge in [0, 0.05) is 23.1 Å². The highest BCUT2D eigenvalue weighted by Crippen LogP contribution is 2.27. The highest BCUT2D eigenvalue weighted by atomic mass is 32.2. The number of aromatic nitrogens is 2. The van der Waals surface area contributed by atoms with Crippen molar-refractivity contribution in [3.8, 4) is 11.4 Å². The first-order chi connectivity index (χ1) is 16.0. The van der Waals surface area contributed by atoms with E-state index in [9.17, 15) is 14.0 Å². The average Bonchev–Trinajstić information content (AvgIpc) is 2.84. The van der Waals surface area contributed by atoms with E-state index in [1.165, 1.54) is 34.6 Å². The van der Waals surface area contributed by atoms with E-state index in [1.807, 2.05) is 24.3 Å². The zero-order valence-electron chi connectivity index (χ0n) is 17.7. The summed E-state index contributed by atoms with van der Waals surface area (Å²) in [6.07, 6.45) is 0. The number of amides is 1. The molecule has 0 radical (unpaired) electrons. The van der Waals surface area contributed by atoms with Crippen molar-refractivity contribution < 1.29 is 13.9 Å². The molecule has 4 rings (SSSR count). The highest BCUT2D eigenvalue weighted by molar-refractivity contribution is 7.99. The molecule has 8 heteroatoms. The molecule has 3 aromatic carbocycles. The number of benzene rings is 3. The van der Waals surface area contributed by atoms with Gasteiger partial charge in [-0.2, -0.15) is 9.78 Å². The summed E-state index contributed by atoms with van der Waals surface area (Å²) in [4.78, 5) is 25.8. The molecule has 0 atom stereocenters. The SMILES string of the molecule is COc1ccc(Sc2ccc(=O)n(-c3ccc(C(=O)NCc4cccc(F)c4)cc3)n2)cc1. The molecular formula is C25H20FN3O3S. The molecule has 0 spiro atoms. The third-order valence-corrected chi connectivity index (χ3v) is 5.71. The fourth-order valence-electron chi connectivity index (χ4n) is 3.08. The van der Waals surface area contributed by atoms with Crippen molar-refractivity contribution in [1.82, 2.24) is 15.1 Å². The molecule has 1 N–H and O–H groups in total. The lowest BCUT2D eigenvalue weighted by molar-refractivity contribution is 0.0951. The van der Waals surface area contributed by atoms with Gasteiger partial charge in [0.25, 0.3) is 11.5 Å². The highest BCUT2D eigenvalue weighted by Gasteiger charge is 2.09. The minimum absolute atomic E-state index is 0.212. The first-order valence-corrected chi connectivity index (χ1v) is 10.9. The Morgan fingerprint density at radius 1 is 1.03 bits per heavy atom. The van der Waals surface area contributed by atoms with Crippen LogP contribution in [0.15, 0.2) is 99.6 Å². The number of hydrogen-bond donors (Lipinski definition) is 1. The zero-order valence-corrected chi connectivity index (χ0v) is 18.5. The van der Waals surface area contributed by atoms with Crippen molar-refractivity contribution in [2.75, 3.05) is 7.11 Å². The second-order valence-electron chi connectivity index (χ2n) is 7.06. The molecular weight excluding hydrogens is 441 g/mol. The molecule has 0 bridgehead atoms. The summed E-state index contributed by atoms with van der Waals surface area (Å²) in [6, 6.07) is 23.3. The van der Waals surface area contributed by atoms with Gasteiger partial charge in [-0.1, -0.05) is 23.9 Å². The van der Waals surface area contributed by atoms with Gasteiger partial charge < -0.3 is 10.1 Å². The molecule has 166 valence electrons. The molecule has 0 aliphatic carbocycles. The number of nitrogens with one attached hydrogen (secondary N) is 1. The lowest BCUT2D eigenvalue weighted by Gasteiger charge is -2.09. The first kappa shape index (κ1) is 22.3. The second-order valence-corrected chi connectivity index (χ2v) is 8.15. The van der Waals surface area contributed by atoms with Gasteiger partial charge in [0.05, 0.1) is 12.8 Å². The van der Waals surface area contributed by atoms with Crippen LogP contribution in [0.4, 0.5) is 4.39 Å². The minimum atomic E-state index is -0.351. The number of ether oxygens (including phenoxy) is 1. The van der Waals surface area contributed by atoms with Crippen LogP contribution in [-0.4, -0.2) is 22.8 Å². The normalized spacial score (nSPS) is 10.6. The maximum atomic E-state index is 13.3. The molecule has 0 aliphatic rings. The third kappa shape index (κ3) is 5.67. The summed E-state index contributed by atoms with van der Waals surface area (Å²) >= 11 is 1.42. The van der Waals surface area contributed by atoms with Crippen LogP contribution in [0.3, 0.4) is 0 Å². The average molecular weight is 462 g/mol. The molecule has 1 aromatic heterocycles. The maximum absolute atomic E-state index is 13.3. The minimum Gasteiger partial charge on any atom is -0.497 e. The van der Waals surface area contributed by atoms with Gasteiger partial charge in [-0.3, -0.25) is 9.59 Å². The van der Waals surface area contributed by atoms with Crippen LogP contribution in [0.5, 0.6) is 5.75 Å². The molecule has 4 aromatic rings. The first-order valence-electron chi connectivity index (χ1n) is 10.1. The summed E-state index contributed by atoms with van der Waals surface area (Å²) in [5, 5.41) is 7.84. The summed E-state index contributed by atoms with van der Waals surface area (Å²) in [7, 11) is 1.61. The molecule has 33 heavy (non-hydrogen) atoms. The van der Waals surface area contributed by atoms with Gasteiger partial charge in [-0.05, 0) is 72.3 Å². The summed E-state index contributed by atoms with van der Waals surface area (Å²) in [6.45, 7) is 0.212. The summed E-state index contributed by atoms with van der Waals surface area (Å²) < 4.78 is 19.7. The molecule has 6 nitrogen and oxygen atoms in total. The number of halogens is 1. The Hall–Kier alpha value is -3.91. The Kier molecular flexibility index (Phi) is 6.85. The predicted molar refractivity (Wildman–Crippen MR) is 125 cm³/mol. The summed E-state index contributed by atoms with van der Waals surface area (Å²) in [5.41, 5.74) is 1.35. The molecule has 0 unspecified atom stereocenters. The van der Waals surface area contributed by atoms with Crippen LogP contribution in [-0.2, 0) is 6.54 Å². The Bertz CT molecular complexity index is 1320. The fraction of sp³-hybridized carbons (Fsp3) is 0.0800. The largest absolute Gasteiger partial charge is 0.497 e. The van der Waals surface area contributed by atoms with Gasteiger partial charge in [-0.25, -0.2) is 4.39 Å². The Morgan fingerprint density at radius 2 is 1.79 bits per heavy atom. The predicted octanol–water partition coefficient (Wildman–Crippen LogP) is 4.46. The van der Waals surface area contributed by atoms with E-state index >= 15 is 0 Å². The lowest BCUT2D eigenvalue weighted by Crippen LogP contribution is -2.23. The maximum Gasteiger partial charge on any atom is 0.271 e. The number of hydrogen-bond acceptors (Lipinski definition) is 5. The van der Waals surface area contributed by atoms with E-state index in [1.54, 1.807) is 49.6 Å². The van der Waals surface area contributed by atoms with E-state index in [-0.39, 0.29) is 23.8 Å². The van der Waals surface area contributed by atoms with Crippen molar-refractivity contribution in [3.05, 3.63) is 112 Å². The lowest BCUT2D eigenvalue weighted by atomic mass is 10.1. The van der Waals surface area contributed by atoms with Crippen molar-refractivity contribution in [1.29, 1.82) is 0 Å². The van der Waals surface area contributed by atoms with Gasteiger partial charge in [0.2, 0.25) is 0 Å². The molecule has 0 saturated heterocycles. The standard InChI is InChI=1S/C25H20FN3O3S/c1-32-21-9-11-22(12-10-21)33-23-13-14-24(30)29(28-23)20-7-5-18(6-8-20)25(31)27-16-17-3-2-4-19(26)15-17/h2-15H,16H2,1H3,(H,27,31). The van der Waals surface area contributed by atoms with E-state index < -0.39 is 0 Å². The van der Waals surface area contributed by atoms with Crippen LogP contribution in [0, 0.1) is 5.82 Å². The monoisotopic (exact) mass is 461 g/mol. The van der Waals surface area contributed by atoms with Crippen LogP contribution in [0.1, 0.15) is 15.9 Å². The number of nitrogens with zero attached hydrogens (tertiary/aromatic N) is 2. The molecule has 1 heterocycles. The topological polar surface area (TPSA) is 73.2 Å². The smallest absolute Gasteiger partial charge is 0.271 e. The Balaban J connectivity index is 1.46. The Labute approximate surface area is 194 Å². The zero-order chi connectivity index (χ0) is 23.2. The number of methoxy groups -OCH3 is 1. The Morgan fingerprint density at radius 3 is 2.48 bits per heavy atom. The molecule has 0 saturated carbocycles. The van der Waals surface area contributed by atoms with Crippen molar-refractivity contribution >= 4 is 17.7 Å². The van der Waals surface area contributed by atoms with Gasteiger partial charge in [0.1, 0.15) is 16.6 Å².